The van der Waals surface area contributed by atoms with Crippen LogP contribution < -0.4 is 5.32 Å². The molecule has 1 aliphatic heterocycles. The van der Waals surface area contributed by atoms with Crippen molar-refractivity contribution in [3.05, 3.63) is 42.1 Å². The van der Waals surface area contributed by atoms with Crippen LogP contribution in [0.4, 0.5) is 0 Å². The van der Waals surface area contributed by atoms with Crippen LogP contribution in [0.1, 0.15) is 30.6 Å². The molecule has 1 fully saturated rings. The van der Waals surface area contributed by atoms with Crippen LogP contribution in [0.15, 0.2) is 35.2 Å². The van der Waals surface area contributed by atoms with Crippen LogP contribution in [0, 0.1) is 5.92 Å². The molecule has 0 aliphatic carbocycles. The van der Waals surface area contributed by atoms with Crippen molar-refractivity contribution in [1.29, 1.82) is 0 Å². The lowest BCUT2D eigenvalue weighted by Gasteiger charge is -2.32. The number of carbonyl (C=O) groups is 1. The summed E-state index contributed by atoms with van der Waals surface area (Å²) in [6.45, 7) is 3.74. The number of aromatic nitrogens is 2. The fourth-order valence-electron chi connectivity index (χ4n) is 3.29. The van der Waals surface area contributed by atoms with Crippen molar-refractivity contribution in [2.45, 2.75) is 32.2 Å². The van der Waals surface area contributed by atoms with Crippen LogP contribution in [-0.2, 0) is 24.8 Å². The molecular formula is C18H26N4O2. The van der Waals surface area contributed by atoms with E-state index in [1.165, 1.54) is 12.8 Å². The predicted octanol–water partition coefficient (Wildman–Crippen LogP) is 1.97. The molecular weight excluding hydrogens is 304 g/mol. The zero-order valence-corrected chi connectivity index (χ0v) is 14.3. The number of carbonyl (C=O) groups excluding carboxylic acids is 1. The minimum Gasteiger partial charge on any atom is -0.468 e. The number of piperidine rings is 1. The second kappa shape index (κ2) is 8.15. The molecule has 24 heavy (non-hydrogen) atoms. The van der Waals surface area contributed by atoms with Crippen molar-refractivity contribution in [1.82, 2.24) is 20.0 Å². The summed E-state index contributed by atoms with van der Waals surface area (Å²) >= 11 is 0. The van der Waals surface area contributed by atoms with E-state index in [4.69, 9.17) is 4.42 Å². The second-order valence-electron chi connectivity index (χ2n) is 6.65. The van der Waals surface area contributed by atoms with E-state index in [1.807, 2.05) is 31.6 Å². The molecule has 2 aromatic heterocycles. The predicted molar refractivity (Wildman–Crippen MR) is 91.2 cm³/mol. The summed E-state index contributed by atoms with van der Waals surface area (Å²) in [4.78, 5) is 14.4. The zero-order chi connectivity index (χ0) is 16.8. The van der Waals surface area contributed by atoms with Crippen LogP contribution in [0.5, 0.6) is 0 Å². The number of rotatable bonds is 7. The smallest absolute Gasteiger partial charge is 0.220 e. The summed E-state index contributed by atoms with van der Waals surface area (Å²) < 4.78 is 7.19. The third-order valence-corrected chi connectivity index (χ3v) is 4.55. The fourth-order valence-corrected chi connectivity index (χ4v) is 3.29. The van der Waals surface area contributed by atoms with Gasteiger partial charge in [-0.25, -0.2) is 0 Å². The summed E-state index contributed by atoms with van der Waals surface area (Å²) in [5.41, 5.74) is 1.11. The fraction of sp³-hybridized carbons (Fsp3) is 0.556. The molecule has 3 rings (SSSR count). The Labute approximate surface area is 142 Å². The summed E-state index contributed by atoms with van der Waals surface area (Å²) in [5, 5.41) is 7.22. The van der Waals surface area contributed by atoms with Gasteiger partial charge in [-0.2, -0.15) is 5.10 Å². The van der Waals surface area contributed by atoms with Gasteiger partial charge in [-0.3, -0.25) is 14.4 Å². The van der Waals surface area contributed by atoms with E-state index >= 15 is 0 Å². The molecule has 1 amide bonds. The molecule has 130 valence electrons. The molecule has 0 spiro atoms. The van der Waals surface area contributed by atoms with Crippen molar-refractivity contribution in [3.8, 4) is 0 Å². The summed E-state index contributed by atoms with van der Waals surface area (Å²) in [7, 11) is 1.89. The average molecular weight is 330 g/mol. The first-order valence-electron chi connectivity index (χ1n) is 8.68. The van der Waals surface area contributed by atoms with Gasteiger partial charge < -0.3 is 9.73 Å². The zero-order valence-electron chi connectivity index (χ0n) is 14.3. The monoisotopic (exact) mass is 330 g/mol. The van der Waals surface area contributed by atoms with Crippen LogP contribution in [0.25, 0.3) is 0 Å². The number of furan rings is 1. The molecule has 0 saturated carbocycles. The molecule has 6 nitrogen and oxygen atoms in total. The van der Waals surface area contributed by atoms with Gasteiger partial charge in [0.1, 0.15) is 5.76 Å². The minimum absolute atomic E-state index is 0.127. The standard InChI is InChI=1S/C18H26N4O2/c1-21-12-16(11-20-21)6-7-18(23)19-10-15-4-2-8-22(13-15)14-17-5-3-9-24-17/h3,5,9,11-12,15H,2,4,6-8,10,13-14H2,1H3,(H,19,23)/t15-/m1/s1. The van der Waals surface area contributed by atoms with E-state index in [1.54, 1.807) is 10.9 Å². The summed E-state index contributed by atoms with van der Waals surface area (Å²) in [6.07, 6.45) is 9.12. The van der Waals surface area contributed by atoms with Crippen molar-refractivity contribution < 1.29 is 9.21 Å². The molecule has 0 unspecified atom stereocenters. The molecule has 0 aromatic carbocycles. The maximum absolute atomic E-state index is 12.0. The largest absolute Gasteiger partial charge is 0.468 e. The van der Waals surface area contributed by atoms with Crippen molar-refractivity contribution >= 4 is 5.91 Å². The third-order valence-electron chi connectivity index (χ3n) is 4.55. The average Bonchev–Trinajstić information content (AvgIpc) is 3.23. The number of amides is 1. The van der Waals surface area contributed by atoms with Gasteiger partial charge >= 0.3 is 0 Å². The molecule has 1 atom stereocenters. The van der Waals surface area contributed by atoms with E-state index in [2.05, 4.69) is 15.3 Å². The maximum Gasteiger partial charge on any atom is 0.220 e. The van der Waals surface area contributed by atoms with Gasteiger partial charge in [-0.1, -0.05) is 0 Å². The lowest BCUT2D eigenvalue weighted by molar-refractivity contribution is -0.121. The highest BCUT2D eigenvalue weighted by molar-refractivity contribution is 5.76. The van der Waals surface area contributed by atoms with E-state index in [0.29, 0.717) is 12.3 Å². The molecule has 2 aromatic rings. The van der Waals surface area contributed by atoms with E-state index in [9.17, 15) is 4.79 Å². The number of nitrogens with zero attached hydrogens (tertiary/aromatic N) is 3. The van der Waals surface area contributed by atoms with Gasteiger partial charge in [0.05, 0.1) is 19.0 Å². The van der Waals surface area contributed by atoms with Crippen LogP contribution in [0.3, 0.4) is 0 Å². The van der Waals surface area contributed by atoms with Crippen molar-refractivity contribution in [2.75, 3.05) is 19.6 Å². The topological polar surface area (TPSA) is 63.3 Å². The molecule has 1 N–H and O–H groups in total. The molecule has 3 heterocycles. The Morgan fingerprint density at radius 2 is 2.42 bits per heavy atom. The first-order chi connectivity index (χ1) is 11.7. The maximum atomic E-state index is 12.0. The Hall–Kier alpha value is -2.08. The molecule has 0 radical (unpaired) electrons. The van der Waals surface area contributed by atoms with Gasteiger partial charge in [0.2, 0.25) is 5.91 Å². The Balaban J connectivity index is 1.36. The van der Waals surface area contributed by atoms with Gasteiger partial charge in [0.15, 0.2) is 0 Å². The van der Waals surface area contributed by atoms with Crippen molar-refractivity contribution in [3.63, 3.8) is 0 Å². The Kier molecular flexibility index (Phi) is 5.69. The normalized spacial score (nSPS) is 18.6. The number of hydrogen-bond acceptors (Lipinski definition) is 4. The van der Waals surface area contributed by atoms with E-state index in [0.717, 1.165) is 43.9 Å². The first kappa shape index (κ1) is 16.8. The van der Waals surface area contributed by atoms with Gasteiger partial charge in [-0.05, 0) is 49.4 Å². The lowest BCUT2D eigenvalue weighted by Crippen LogP contribution is -2.40. The van der Waals surface area contributed by atoms with E-state index < -0.39 is 0 Å². The summed E-state index contributed by atoms with van der Waals surface area (Å²) in [6, 6.07) is 3.95. The van der Waals surface area contributed by atoms with Gasteiger partial charge in [0.25, 0.3) is 0 Å². The molecule has 1 aliphatic rings. The number of aryl methyl sites for hydroxylation is 2. The van der Waals surface area contributed by atoms with Crippen LogP contribution in [-0.4, -0.2) is 40.2 Å². The SMILES string of the molecule is Cn1cc(CCC(=O)NC[C@H]2CCCN(Cc3ccco3)C2)cn1. The van der Waals surface area contributed by atoms with Gasteiger partial charge in [-0.15, -0.1) is 0 Å². The third kappa shape index (κ3) is 4.96. The Morgan fingerprint density at radius 3 is 3.17 bits per heavy atom. The van der Waals surface area contributed by atoms with E-state index in [-0.39, 0.29) is 5.91 Å². The highest BCUT2D eigenvalue weighted by Crippen LogP contribution is 2.18. The molecule has 1 saturated heterocycles. The van der Waals surface area contributed by atoms with Crippen LogP contribution >= 0.6 is 0 Å². The Morgan fingerprint density at radius 1 is 1.50 bits per heavy atom. The minimum atomic E-state index is 0.127. The number of nitrogens with one attached hydrogen (secondary N) is 1. The second-order valence-corrected chi connectivity index (χ2v) is 6.65. The highest BCUT2D eigenvalue weighted by Gasteiger charge is 2.21. The number of hydrogen-bond donors (Lipinski definition) is 1. The summed E-state index contributed by atoms with van der Waals surface area (Å²) in [5.74, 6) is 1.66. The molecule has 6 heteroatoms. The number of likely N-dealkylation sites (tertiary alicyclic amines) is 1. The lowest BCUT2D eigenvalue weighted by atomic mass is 9.98. The quantitative estimate of drug-likeness (QED) is 0.843. The van der Waals surface area contributed by atoms with Crippen molar-refractivity contribution in [2.24, 2.45) is 13.0 Å². The van der Waals surface area contributed by atoms with Gasteiger partial charge in [0, 0.05) is 32.8 Å². The first-order valence-corrected chi connectivity index (χ1v) is 8.68. The Bertz CT molecular complexity index is 635. The molecule has 0 bridgehead atoms. The highest BCUT2D eigenvalue weighted by atomic mass is 16.3. The van der Waals surface area contributed by atoms with Crippen LogP contribution in [0.2, 0.25) is 0 Å².